The molecule has 1 saturated carbocycles. The normalized spacial score (nSPS) is 37.7. The van der Waals surface area contributed by atoms with E-state index in [1.165, 1.54) is 5.56 Å². The van der Waals surface area contributed by atoms with Gasteiger partial charge in [0.25, 0.3) is 0 Å². The summed E-state index contributed by atoms with van der Waals surface area (Å²) < 4.78 is 0. The Morgan fingerprint density at radius 1 is 1.35 bits per heavy atom. The summed E-state index contributed by atoms with van der Waals surface area (Å²) in [6, 6.07) is 0. The Bertz CT molecular complexity index is 663. The molecule has 0 radical (unpaired) electrons. The molecule has 4 aliphatic rings. The Labute approximate surface area is 135 Å². The lowest BCUT2D eigenvalue weighted by atomic mass is 9.77. The van der Waals surface area contributed by atoms with Gasteiger partial charge >= 0.3 is 0 Å². The van der Waals surface area contributed by atoms with Crippen LogP contribution in [0.4, 0.5) is 5.95 Å². The Hall–Kier alpha value is -1.69. The van der Waals surface area contributed by atoms with Crippen LogP contribution in [0.5, 0.6) is 0 Å². The van der Waals surface area contributed by atoms with Crippen molar-refractivity contribution in [2.45, 2.75) is 31.1 Å². The molecule has 2 aliphatic heterocycles. The van der Waals surface area contributed by atoms with Gasteiger partial charge in [-0.15, -0.1) is 0 Å². The molecule has 5 rings (SSSR count). The molecule has 0 bridgehead atoms. The van der Waals surface area contributed by atoms with Gasteiger partial charge in [0, 0.05) is 30.6 Å². The van der Waals surface area contributed by atoms with Crippen LogP contribution in [0, 0.1) is 17.8 Å². The van der Waals surface area contributed by atoms with Crippen molar-refractivity contribution in [3.05, 3.63) is 17.5 Å². The molecule has 3 heterocycles. The number of nitrogens with two attached hydrogens (primary N) is 1. The minimum atomic E-state index is 0.0164. The van der Waals surface area contributed by atoms with Gasteiger partial charge in [-0.3, -0.25) is 4.79 Å². The zero-order valence-electron chi connectivity index (χ0n) is 13.3. The third-order valence-electron chi connectivity index (χ3n) is 6.52. The number of carbonyl (C=O) groups is 1. The number of hydrogen-bond donors (Lipinski definition) is 2. The van der Waals surface area contributed by atoms with E-state index in [2.05, 4.69) is 20.2 Å². The molecular formula is C17H23N5O. The fraction of sp³-hybridized carbons (Fsp3) is 0.706. The van der Waals surface area contributed by atoms with Crippen molar-refractivity contribution in [3.63, 3.8) is 0 Å². The number of rotatable bonds is 1. The fourth-order valence-electron chi connectivity index (χ4n) is 5.27. The van der Waals surface area contributed by atoms with Gasteiger partial charge in [-0.05, 0) is 56.2 Å². The van der Waals surface area contributed by atoms with Crippen molar-refractivity contribution in [1.29, 1.82) is 0 Å². The van der Waals surface area contributed by atoms with Gasteiger partial charge in [0.1, 0.15) is 0 Å². The zero-order chi connectivity index (χ0) is 15.6. The van der Waals surface area contributed by atoms with E-state index in [1.807, 2.05) is 6.20 Å². The van der Waals surface area contributed by atoms with Gasteiger partial charge in [0.15, 0.2) is 0 Å². The molecule has 2 unspecified atom stereocenters. The molecule has 1 aromatic rings. The molecule has 4 atom stereocenters. The third kappa shape index (κ3) is 1.94. The topological polar surface area (TPSA) is 84.1 Å². The smallest absolute Gasteiger partial charge is 0.226 e. The van der Waals surface area contributed by atoms with Crippen LogP contribution in [0.1, 0.15) is 30.5 Å². The predicted octanol–water partition coefficient (Wildman–Crippen LogP) is 0.331. The van der Waals surface area contributed by atoms with Gasteiger partial charge < -0.3 is 16.0 Å². The maximum Gasteiger partial charge on any atom is 0.226 e. The number of piperidine rings is 2. The van der Waals surface area contributed by atoms with E-state index < -0.39 is 0 Å². The van der Waals surface area contributed by atoms with Crippen molar-refractivity contribution in [2.75, 3.05) is 31.9 Å². The highest BCUT2D eigenvalue weighted by Crippen LogP contribution is 2.51. The summed E-state index contributed by atoms with van der Waals surface area (Å²) in [6.07, 6.45) is 6.14. The second kappa shape index (κ2) is 4.66. The average molecular weight is 313 g/mol. The van der Waals surface area contributed by atoms with Gasteiger partial charge in [-0.2, -0.15) is 0 Å². The molecule has 3 N–H and O–H groups in total. The minimum absolute atomic E-state index is 0.0164. The predicted molar refractivity (Wildman–Crippen MR) is 85.6 cm³/mol. The van der Waals surface area contributed by atoms with Gasteiger partial charge in [0.05, 0.1) is 5.69 Å². The standard InChI is InChI=1S/C17H23N5O/c18-16-20-6-10-2-4-17(14(10)21-16)3-1-5-22(9-17)15(23)13-11-7-19-8-12(11)13/h6,11-13,19H,1-5,7-9H2,(H2,18,20,21)/t11-,12+,13?,17?. The summed E-state index contributed by atoms with van der Waals surface area (Å²) >= 11 is 0. The van der Waals surface area contributed by atoms with Gasteiger partial charge in [-0.25, -0.2) is 9.97 Å². The Balaban J connectivity index is 1.40. The van der Waals surface area contributed by atoms with Crippen LogP contribution in [0.15, 0.2) is 6.20 Å². The number of nitrogen functional groups attached to an aromatic ring is 1. The molecule has 122 valence electrons. The quantitative estimate of drug-likeness (QED) is 0.780. The first kappa shape index (κ1) is 13.7. The number of likely N-dealkylation sites (tertiary alicyclic amines) is 1. The van der Waals surface area contributed by atoms with Crippen LogP contribution >= 0.6 is 0 Å². The molecule has 6 heteroatoms. The first-order valence-corrected chi connectivity index (χ1v) is 8.79. The molecule has 23 heavy (non-hydrogen) atoms. The summed E-state index contributed by atoms with van der Waals surface area (Å²) in [5, 5.41) is 3.38. The molecule has 1 amide bonds. The largest absolute Gasteiger partial charge is 0.368 e. The summed E-state index contributed by atoms with van der Waals surface area (Å²) in [5.41, 5.74) is 8.18. The Kier molecular flexibility index (Phi) is 2.78. The zero-order valence-corrected chi connectivity index (χ0v) is 13.3. The van der Waals surface area contributed by atoms with Crippen molar-refractivity contribution >= 4 is 11.9 Å². The van der Waals surface area contributed by atoms with E-state index in [1.54, 1.807) is 0 Å². The van der Waals surface area contributed by atoms with E-state index in [9.17, 15) is 4.79 Å². The lowest BCUT2D eigenvalue weighted by Gasteiger charge is -2.40. The summed E-state index contributed by atoms with van der Waals surface area (Å²) in [5.74, 6) is 2.21. The fourth-order valence-corrected chi connectivity index (χ4v) is 5.27. The highest BCUT2D eigenvalue weighted by molar-refractivity contribution is 5.83. The molecule has 1 spiro atoms. The van der Waals surface area contributed by atoms with E-state index in [0.717, 1.165) is 57.6 Å². The number of anilines is 1. The van der Waals surface area contributed by atoms with Crippen LogP contribution < -0.4 is 11.1 Å². The number of aryl methyl sites for hydroxylation is 1. The van der Waals surface area contributed by atoms with Crippen LogP contribution in [-0.4, -0.2) is 47.0 Å². The number of aromatic nitrogens is 2. The number of fused-ring (bicyclic) bond motifs is 3. The number of hydrogen-bond acceptors (Lipinski definition) is 5. The van der Waals surface area contributed by atoms with Crippen molar-refractivity contribution in [2.24, 2.45) is 17.8 Å². The van der Waals surface area contributed by atoms with Crippen LogP contribution in [0.3, 0.4) is 0 Å². The lowest BCUT2D eigenvalue weighted by molar-refractivity contribution is -0.135. The number of carbonyl (C=O) groups excluding carboxylic acids is 1. The van der Waals surface area contributed by atoms with Crippen LogP contribution in [-0.2, 0) is 16.6 Å². The highest BCUT2D eigenvalue weighted by Gasteiger charge is 2.58. The van der Waals surface area contributed by atoms with Crippen LogP contribution in [0.25, 0.3) is 0 Å². The number of nitrogens with one attached hydrogen (secondary N) is 1. The third-order valence-corrected chi connectivity index (χ3v) is 6.52. The Morgan fingerprint density at radius 3 is 3.00 bits per heavy atom. The van der Waals surface area contributed by atoms with Gasteiger partial charge in [0.2, 0.25) is 11.9 Å². The first-order chi connectivity index (χ1) is 11.2. The second-order valence-electron chi connectivity index (χ2n) is 7.76. The van der Waals surface area contributed by atoms with E-state index in [-0.39, 0.29) is 11.3 Å². The van der Waals surface area contributed by atoms with E-state index >= 15 is 0 Å². The average Bonchev–Trinajstić information content (AvgIpc) is 2.90. The molecule has 0 aromatic carbocycles. The maximum absolute atomic E-state index is 12.9. The highest BCUT2D eigenvalue weighted by atomic mass is 16.2. The summed E-state index contributed by atoms with van der Waals surface area (Å²) in [7, 11) is 0. The SMILES string of the molecule is Nc1ncc2c(n1)C1(CCCN(C(=O)C3[C@H]4CNC[C@@H]34)C1)CC2. The Morgan fingerprint density at radius 2 is 2.17 bits per heavy atom. The maximum atomic E-state index is 12.9. The number of nitrogens with zero attached hydrogens (tertiary/aromatic N) is 3. The second-order valence-corrected chi connectivity index (χ2v) is 7.76. The van der Waals surface area contributed by atoms with Crippen LogP contribution in [0.2, 0.25) is 0 Å². The lowest BCUT2D eigenvalue weighted by Crippen LogP contribution is -2.49. The first-order valence-electron chi connectivity index (χ1n) is 8.79. The van der Waals surface area contributed by atoms with Crippen molar-refractivity contribution in [1.82, 2.24) is 20.2 Å². The molecule has 6 nitrogen and oxygen atoms in total. The molecule has 2 aliphatic carbocycles. The van der Waals surface area contributed by atoms with E-state index in [0.29, 0.717) is 23.7 Å². The molecular weight excluding hydrogens is 290 g/mol. The molecule has 2 saturated heterocycles. The summed E-state index contributed by atoms with van der Waals surface area (Å²) in [4.78, 5) is 23.8. The van der Waals surface area contributed by atoms with Gasteiger partial charge in [-0.1, -0.05) is 0 Å². The van der Waals surface area contributed by atoms with Crippen molar-refractivity contribution < 1.29 is 4.79 Å². The molecule has 1 aromatic heterocycles. The van der Waals surface area contributed by atoms with E-state index in [4.69, 9.17) is 5.73 Å². The minimum Gasteiger partial charge on any atom is -0.368 e. The van der Waals surface area contributed by atoms with Crippen molar-refractivity contribution in [3.8, 4) is 0 Å². The monoisotopic (exact) mass is 313 g/mol. The molecule has 3 fully saturated rings. The number of amides is 1. The summed E-state index contributed by atoms with van der Waals surface area (Å²) in [6.45, 7) is 3.76.